The summed E-state index contributed by atoms with van der Waals surface area (Å²) >= 11 is 1.63. The number of rotatable bonds is 4. The number of thiazole rings is 1. The molecule has 16 heavy (non-hydrogen) atoms. The van der Waals surface area contributed by atoms with E-state index in [4.69, 9.17) is 0 Å². The SMILES string of the molecule is CCC(C)(O)CNc1ccc2ncsc2c1. The summed E-state index contributed by atoms with van der Waals surface area (Å²) in [7, 11) is 0. The topological polar surface area (TPSA) is 45.1 Å². The van der Waals surface area contributed by atoms with Crippen LogP contribution in [0.25, 0.3) is 10.2 Å². The van der Waals surface area contributed by atoms with Crippen molar-refractivity contribution in [1.82, 2.24) is 4.98 Å². The molecule has 1 heterocycles. The monoisotopic (exact) mass is 236 g/mol. The number of nitrogens with one attached hydrogen (secondary N) is 1. The van der Waals surface area contributed by atoms with Gasteiger partial charge in [-0.1, -0.05) is 6.92 Å². The summed E-state index contributed by atoms with van der Waals surface area (Å²) in [5.41, 5.74) is 3.25. The van der Waals surface area contributed by atoms with E-state index < -0.39 is 5.60 Å². The molecule has 3 nitrogen and oxygen atoms in total. The van der Waals surface area contributed by atoms with Crippen LogP contribution in [0, 0.1) is 0 Å². The lowest BCUT2D eigenvalue weighted by molar-refractivity contribution is 0.0697. The lowest BCUT2D eigenvalue weighted by atomic mass is 10.0. The van der Waals surface area contributed by atoms with Crippen LogP contribution in [0.5, 0.6) is 0 Å². The summed E-state index contributed by atoms with van der Waals surface area (Å²) in [5, 5.41) is 13.1. The van der Waals surface area contributed by atoms with Crippen molar-refractivity contribution in [2.45, 2.75) is 25.9 Å². The molecule has 1 unspecified atom stereocenters. The van der Waals surface area contributed by atoms with Gasteiger partial charge in [-0.25, -0.2) is 4.98 Å². The Morgan fingerprint density at radius 3 is 3.06 bits per heavy atom. The van der Waals surface area contributed by atoms with Crippen LogP contribution in [-0.2, 0) is 0 Å². The summed E-state index contributed by atoms with van der Waals surface area (Å²) < 4.78 is 1.17. The number of hydrogen-bond acceptors (Lipinski definition) is 4. The summed E-state index contributed by atoms with van der Waals surface area (Å²) in [5.74, 6) is 0. The van der Waals surface area contributed by atoms with Crippen LogP contribution in [-0.4, -0.2) is 22.2 Å². The summed E-state index contributed by atoms with van der Waals surface area (Å²) in [6.45, 7) is 4.38. The van der Waals surface area contributed by atoms with E-state index in [9.17, 15) is 5.11 Å². The first-order valence-corrected chi connectivity index (χ1v) is 6.28. The fourth-order valence-electron chi connectivity index (χ4n) is 1.38. The zero-order valence-electron chi connectivity index (χ0n) is 9.53. The fraction of sp³-hybridized carbons (Fsp3) is 0.417. The van der Waals surface area contributed by atoms with Gasteiger partial charge in [0.1, 0.15) is 0 Å². The van der Waals surface area contributed by atoms with Gasteiger partial charge in [-0.2, -0.15) is 0 Å². The van der Waals surface area contributed by atoms with E-state index in [2.05, 4.69) is 16.4 Å². The quantitative estimate of drug-likeness (QED) is 0.858. The highest BCUT2D eigenvalue weighted by Gasteiger charge is 2.16. The molecular formula is C12H16N2OS. The van der Waals surface area contributed by atoms with Crippen LogP contribution in [0.4, 0.5) is 5.69 Å². The molecule has 0 radical (unpaired) electrons. The fourth-order valence-corrected chi connectivity index (χ4v) is 2.10. The Morgan fingerprint density at radius 1 is 1.50 bits per heavy atom. The van der Waals surface area contributed by atoms with E-state index in [1.165, 1.54) is 4.70 Å². The van der Waals surface area contributed by atoms with E-state index in [-0.39, 0.29) is 0 Å². The molecule has 2 rings (SSSR count). The molecule has 1 aromatic heterocycles. The molecule has 0 spiro atoms. The maximum absolute atomic E-state index is 9.89. The Balaban J connectivity index is 2.09. The maximum Gasteiger partial charge on any atom is 0.0813 e. The highest BCUT2D eigenvalue weighted by molar-refractivity contribution is 7.16. The average Bonchev–Trinajstić information content (AvgIpc) is 2.73. The highest BCUT2D eigenvalue weighted by atomic mass is 32.1. The van der Waals surface area contributed by atoms with Crippen LogP contribution in [0.15, 0.2) is 23.7 Å². The average molecular weight is 236 g/mol. The van der Waals surface area contributed by atoms with Crippen LogP contribution in [0.3, 0.4) is 0 Å². The third kappa shape index (κ3) is 2.51. The van der Waals surface area contributed by atoms with E-state index in [0.717, 1.165) is 17.6 Å². The van der Waals surface area contributed by atoms with Gasteiger partial charge < -0.3 is 10.4 Å². The van der Waals surface area contributed by atoms with Gasteiger partial charge in [-0.15, -0.1) is 11.3 Å². The van der Waals surface area contributed by atoms with Crippen molar-refractivity contribution in [3.8, 4) is 0 Å². The van der Waals surface area contributed by atoms with Crippen molar-refractivity contribution in [2.24, 2.45) is 0 Å². The van der Waals surface area contributed by atoms with Gasteiger partial charge in [0.2, 0.25) is 0 Å². The predicted molar refractivity (Wildman–Crippen MR) is 69.0 cm³/mol. The van der Waals surface area contributed by atoms with Crippen molar-refractivity contribution < 1.29 is 5.11 Å². The second-order valence-electron chi connectivity index (χ2n) is 4.24. The third-order valence-corrected chi connectivity index (χ3v) is 3.56. The predicted octanol–water partition coefficient (Wildman–Crippen LogP) is 2.87. The van der Waals surface area contributed by atoms with Crippen molar-refractivity contribution in [3.05, 3.63) is 23.7 Å². The number of anilines is 1. The number of benzene rings is 1. The molecule has 0 saturated carbocycles. The Morgan fingerprint density at radius 2 is 2.31 bits per heavy atom. The molecule has 86 valence electrons. The zero-order chi connectivity index (χ0) is 11.6. The Bertz CT molecular complexity index is 479. The van der Waals surface area contributed by atoms with Gasteiger partial charge in [0, 0.05) is 12.2 Å². The van der Waals surface area contributed by atoms with Gasteiger partial charge in [-0.05, 0) is 31.5 Å². The molecule has 0 aliphatic heterocycles. The van der Waals surface area contributed by atoms with E-state index in [1.54, 1.807) is 11.3 Å². The minimum absolute atomic E-state index is 0.563. The molecule has 0 aliphatic rings. The Hall–Kier alpha value is -1.13. The van der Waals surface area contributed by atoms with Gasteiger partial charge >= 0.3 is 0 Å². The van der Waals surface area contributed by atoms with E-state index in [0.29, 0.717) is 6.54 Å². The van der Waals surface area contributed by atoms with Crippen molar-refractivity contribution in [1.29, 1.82) is 0 Å². The lowest BCUT2D eigenvalue weighted by Gasteiger charge is -2.22. The number of aliphatic hydroxyl groups is 1. The molecular weight excluding hydrogens is 220 g/mol. The summed E-state index contributed by atoms with van der Waals surface area (Å²) in [6.07, 6.45) is 0.739. The normalized spacial score (nSPS) is 14.9. The van der Waals surface area contributed by atoms with Crippen LogP contribution in [0.2, 0.25) is 0 Å². The van der Waals surface area contributed by atoms with E-state index in [1.807, 2.05) is 31.5 Å². The largest absolute Gasteiger partial charge is 0.388 e. The molecule has 0 saturated heterocycles. The second-order valence-corrected chi connectivity index (χ2v) is 5.13. The first-order chi connectivity index (χ1) is 7.61. The molecule has 0 aliphatic carbocycles. The number of hydrogen-bond donors (Lipinski definition) is 2. The third-order valence-electron chi connectivity index (χ3n) is 2.77. The van der Waals surface area contributed by atoms with Gasteiger partial charge in [0.05, 0.1) is 21.3 Å². The smallest absolute Gasteiger partial charge is 0.0813 e. The minimum Gasteiger partial charge on any atom is -0.388 e. The molecule has 1 atom stereocenters. The first-order valence-electron chi connectivity index (χ1n) is 5.40. The molecule has 0 amide bonds. The van der Waals surface area contributed by atoms with Gasteiger partial charge in [0.25, 0.3) is 0 Å². The van der Waals surface area contributed by atoms with Crippen molar-refractivity contribution in [2.75, 3.05) is 11.9 Å². The second kappa shape index (κ2) is 4.39. The molecule has 2 N–H and O–H groups in total. The lowest BCUT2D eigenvalue weighted by Crippen LogP contribution is -2.32. The number of nitrogens with zero attached hydrogens (tertiary/aromatic N) is 1. The van der Waals surface area contributed by atoms with Crippen molar-refractivity contribution in [3.63, 3.8) is 0 Å². The number of fused-ring (bicyclic) bond motifs is 1. The summed E-state index contributed by atoms with van der Waals surface area (Å²) in [6, 6.07) is 6.06. The zero-order valence-corrected chi connectivity index (χ0v) is 10.3. The van der Waals surface area contributed by atoms with Gasteiger partial charge in [0.15, 0.2) is 0 Å². The minimum atomic E-state index is -0.650. The van der Waals surface area contributed by atoms with Crippen LogP contribution in [0.1, 0.15) is 20.3 Å². The van der Waals surface area contributed by atoms with Crippen LogP contribution < -0.4 is 5.32 Å². The standard InChI is InChI=1S/C12H16N2OS/c1-3-12(2,15)7-13-9-4-5-10-11(6-9)16-8-14-10/h4-6,8,13,15H,3,7H2,1-2H3. The highest BCUT2D eigenvalue weighted by Crippen LogP contribution is 2.22. The Labute approximate surface area is 99.1 Å². The summed E-state index contributed by atoms with van der Waals surface area (Å²) in [4.78, 5) is 4.23. The van der Waals surface area contributed by atoms with Crippen LogP contribution >= 0.6 is 11.3 Å². The molecule has 0 bridgehead atoms. The molecule has 2 aromatic rings. The van der Waals surface area contributed by atoms with Crippen molar-refractivity contribution >= 4 is 27.2 Å². The van der Waals surface area contributed by atoms with E-state index >= 15 is 0 Å². The molecule has 0 fully saturated rings. The van der Waals surface area contributed by atoms with Gasteiger partial charge in [-0.3, -0.25) is 0 Å². The molecule has 1 aromatic carbocycles. The number of aromatic nitrogens is 1. The molecule has 4 heteroatoms. The maximum atomic E-state index is 9.89. The first kappa shape index (κ1) is 11.4. The Kier molecular flexibility index (Phi) is 3.12.